The van der Waals surface area contributed by atoms with Crippen LogP contribution in [0, 0.1) is 5.92 Å². The molecule has 1 saturated carbocycles. The van der Waals surface area contributed by atoms with E-state index in [9.17, 15) is 9.59 Å². The summed E-state index contributed by atoms with van der Waals surface area (Å²) in [6, 6.07) is 3.49. The molecule has 0 atom stereocenters. The lowest BCUT2D eigenvalue weighted by molar-refractivity contribution is -0.137. The number of fused-ring (bicyclic) bond motifs is 1. The van der Waals surface area contributed by atoms with Crippen LogP contribution in [0.1, 0.15) is 36.2 Å². The van der Waals surface area contributed by atoms with Gasteiger partial charge in [0.15, 0.2) is 5.65 Å². The monoisotopic (exact) mass is 288 g/mol. The van der Waals surface area contributed by atoms with E-state index in [2.05, 4.69) is 15.4 Å². The predicted octanol–water partition coefficient (Wildman–Crippen LogP) is 1.10. The Labute approximate surface area is 121 Å². The Morgan fingerprint density at radius 1 is 1.33 bits per heavy atom. The maximum atomic E-state index is 12.2. The summed E-state index contributed by atoms with van der Waals surface area (Å²) < 4.78 is 1.51. The quantitative estimate of drug-likeness (QED) is 0.858. The Bertz CT molecular complexity index is 676. The molecule has 0 unspecified atom stereocenters. The van der Waals surface area contributed by atoms with Gasteiger partial charge in [0.1, 0.15) is 5.69 Å². The fourth-order valence-corrected chi connectivity index (χ4v) is 2.68. The number of carboxylic acids is 1. The van der Waals surface area contributed by atoms with Crippen molar-refractivity contribution in [1.82, 2.24) is 19.9 Å². The second-order valence-corrected chi connectivity index (χ2v) is 5.37. The van der Waals surface area contributed by atoms with Crippen molar-refractivity contribution in [1.29, 1.82) is 0 Å². The van der Waals surface area contributed by atoms with Crippen molar-refractivity contribution in [3.8, 4) is 0 Å². The zero-order valence-electron chi connectivity index (χ0n) is 11.4. The van der Waals surface area contributed by atoms with Gasteiger partial charge in [-0.2, -0.15) is 5.10 Å². The summed E-state index contributed by atoms with van der Waals surface area (Å²) in [5.41, 5.74) is 1.09. The average molecular weight is 288 g/mol. The molecule has 3 rings (SSSR count). The average Bonchev–Trinajstić information content (AvgIpc) is 2.88. The number of aliphatic carboxylic acids is 1. The first-order valence-electron chi connectivity index (χ1n) is 6.95. The van der Waals surface area contributed by atoms with Crippen molar-refractivity contribution in [2.45, 2.75) is 31.7 Å². The fourth-order valence-electron chi connectivity index (χ4n) is 2.68. The number of carbonyl (C=O) groups is 2. The molecule has 110 valence electrons. The van der Waals surface area contributed by atoms with Gasteiger partial charge < -0.3 is 10.4 Å². The number of carbonyl (C=O) groups excluding carboxylic acids is 1. The van der Waals surface area contributed by atoms with Crippen LogP contribution >= 0.6 is 0 Å². The summed E-state index contributed by atoms with van der Waals surface area (Å²) in [5, 5.41) is 15.7. The fraction of sp³-hybridized carbons (Fsp3) is 0.429. The molecule has 0 bridgehead atoms. The third-order valence-corrected chi connectivity index (χ3v) is 3.86. The Kier molecular flexibility index (Phi) is 3.55. The van der Waals surface area contributed by atoms with Crippen molar-refractivity contribution in [3.63, 3.8) is 0 Å². The van der Waals surface area contributed by atoms with Gasteiger partial charge in [0.2, 0.25) is 0 Å². The highest BCUT2D eigenvalue weighted by Crippen LogP contribution is 2.31. The van der Waals surface area contributed by atoms with E-state index >= 15 is 0 Å². The molecular formula is C14H16N4O3. The van der Waals surface area contributed by atoms with Crippen LogP contribution in [0.5, 0.6) is 0 Å². The second kappa shape index (κ2) is 5.51. The number of hydrogen-bond donors (Lipinski definition) is 2. The molecule has 0 aromatic carbocycles. The molecular weight excluding hydrogens is 272 g/mol. The maximum Gasteiger partial charge on any atom is 0.303 e. The first-order valence-corrected chi connectivity index (χ1v) is 6.95. The standard InChI is InChI=1S/C14H16N4O3/c19-13(20)2-1-9-7-10(8-9)17-14(21)11-3-5-15-12-4-6-16-18(11)12/h3-6,9-10H,1-2,7-8H2,(H,17,21)(H,19,20). The molecule has 1 fully saturated rings. The molecule has 0 aliphatic heterocycles. The van der Waals surface area contributed by atoms with Crippen LogP contribution in [0.3, 0.4) is 0 Å². The molecule has 2 N–H and O–H groups in total. The third kappa shape index (κ3) is 2.86. The molecule has 2 aromatic rings. The van der Waals surface area contributed by atoms with E-state index in [0.717, 1.165) is 12.8 Å². The normalized spacial score (nSPS) is 21.0. The molecule has 0 saturated heterocycles. The third-order valence-electron chi connectivity index (χ3n) is 3.86. The SMILES string of the molecule is O=C(O)CCC1CC(NC(=O)c2ccnc3ccnn23)C1. The van der Waals surface area contributed by atoms with Crippen LogP contribution in [0.25, 0.3) is 5.65 Å². The second-order valence-electron chi connectivity index (χ2n) is 5.37. The smallest absolute Gasteiger partial charge is 0.303 e. The summed E-state index contributed by atoms with van der Waals surface area (Å²) in [5.74, 6) is -0.540. The van der Waals surface area contributed by atoms with E-state index < -0.39 is 5.97 Å². The molecule has 2 aromatic heterocycles. The van der Waals surface area contributed by atoms with Gasteiger partial charge in [0.05, 0.1) is 6.20 Å². The Morgan fingerprint density at radius 2 is 2.14 bits per heavy atom. The minimum Gasteiger partial charge on any atom is -0.481 e. The Morgan fingerprint density at radius 3 is 2.90 bits per heavy atom. The lowest BCUT2D eigenvalue weighted by Crippen LogP contribution is -2.44. The van der Waals surface area contributed by atoms with Gasteiger partial charge in [-0.15, -0.1) is 0 Å². The maximum absolute atomic E-state index is 12.2. The molecule has 1 amide bonds. The van der Waals surface area contributed by atoms with Crippen LogP contribution < -0.4 is 5.32 Å². The number of hydrogen-bond acceptors (Lipinski definition) is 4. The van der Waals surface area contributed by atoms with Crippen molar-refractivity contribution in [2.24, 2.45) is 5.92 Å². The highest BCUT2D eigenvalue weighted by molar-refractivity contribution is 5.93. The van der Waals surface area contributed by atoms with Gasteiger partial charge >= 0.3 is 5.97 Å². The molecule has 1 aliphatic rings. The molecule has 1 aliphatic carbocycles. The number of rotatable bonds is 5. The van der Waals surface area contributed by atoms with E-state index in [1.807, 2.05) is 0 Å². The predicted molar refractivity (Wildman–Crippen MR) is 73.8 cm³/mol. The van der Waals surface area contributed by atoms with Gasteiger partial charge in [-0.25, -0.2) is 9.50 Å². The lowest BCUT2D eigenvalue weighted by atomic mass is 9.77. The van der Waals surface area contributed by atoms with Gasteiger partial charge in [-0.1, -0.05) is 0 Å². The summed E-state index contributed by atoms with van der Waals surface area (Å²) >= 11 is 0. The van der Waals surface area contributed by atoms with Crippen LogP contribution in [0.4, 0.5) is 0 Å². The van der Waals surface area contributed by atoms with Crippen LogP contribution in [-0.2, 0) is 4.79 Å². The van der Waals surface area contributed by atoms with Crippen molar-refractivity contribution >= 4 is 17.5 Å². The van der Waals surface area contributed by atoms with Gasteiger partial charge in [0, 0.05) is 24.7 Å². The van der Waals surface area contributed by atoms with Crippen LogP contribution in [0.2, 0.25) is 0 Å². The van der Waals surface area contributed by atoms with E-state index in [4.69, 9.17) is 5.11 Å². The van der Waals surface area contributed by atoms with E-state index in [-0.39, 0.29) is 18.4 Å². The minimum absolute atomic E-state index is 0.120. The van der Waals surface area contributed by atoms with Crippen LogP contribution in [0.15, 0.2) is 24.5 Å². The van der Waals surface area contributed by atoms with Crippen molar-refractivity contribution in [3.05, 3.63) is 30.2 Å². The molecule has 7 nitrogen and oxygen atoms in total. The van der Waals surface area contributed by atoms with Gasteiger partial charge in [-0.3, -0.25) is 9.59 Å². The molecule has 0 spiro atoms. The number of nitrogens with zero attached hydrogens (tertiary/aromatic N) is 3. The summed E-state index contributed by atoms with van der Waals surface area (Å²) in [6.07, 6.45) is 5.75. The number of nitrogens with one attached hydrogen (secondary N) is 1. The Hall–Kier alpha value is -2.44. The zero-order chi connectivity index (χ0) is 14.8. The summed E-state index contributed by atoms with van der Waals surface area (Å²) in [6.45, 7) is 0. The minimum atomic E-state index is -0.764. The van der Waals surface area contributed by atoms with E-state index in [1.165, 1.54) is 4.52 Å². The van der Waals surface area contributed by atoms with Crippen molar-refractivity contribution in [2.75, 3.05) is 0 Å². The van der Waals surface area contributed by atoms with Gasteiger partial charge in [-0.05, 0) is 31.2 Å². The highest BCUT2D eigenvalue weighted by Gasteiger charge is 2.30. The molecule has 21 heavy (non-hydrogen) atoms. The Balaban J connectivity index is 1.56. The molecule has 2 heterocycles. The number of carboxylic acid groups (broad SMARTS) is 1. The van der Waals surface area contributed by atoms with Crippen LogP contribution in [-0.4, -0.2) is 37.6 Å². The first kappa shape index (κ1) is 13.5. The summed E-state index contributed by atoms with van der Waals surface area (Å²) in [4.78, 5) is 26.9. The molecule has 0 radical (unpaired) electrons. The topological polar surface area (TPSA) is 96.6 Å². The summed E-state index contributed by atoms with van der Waals surface area (Å²) in [7, 11) is 0. The van der Waals surface area contributed by atoms with Gasteiger partial charge in [0.25, 0.3) is 5.91 Å². The highest BCUT2D eigenvalue weighted by atomic mass is 16.4. The number of aromatic nitrogens is 3. The van der Waals surface area contributed by atoms with Crippen molar-refractivity contribution < 1.29 is 14.7 Å². The van der Waals surface area contributed by atoms with E-state index in [1.54, 1.807) is 24.5 Å². The largest absolute Gasteiger partial charge is 0.481 e. The lowest BCUT2D eigenvalue weighted by Gasteiger charge is -2.35. The number of amides is 1. The zero-order valence-corrected chi connectivity index (χ0v) is 11.4. The first-order chi connectivity index (χ1) is 10.1. The molecule has 7 heteroatoms. The van der Waals surface area contributed by atoms with E-state index in [0.29, 0.717) is 23.7 Å².